The third-order valence-electron chi connectivity index (χ3n) is 3.28. The molecule has 2 unspecified atom stereocenters. The third-order valence-corrected chi connectivity index (χ3v) is 3.28. The molecule has 17 heavy (non-hydrogen) atoms. The van der Waals surface area contributed by atoms with Crippen LogP contribution in [0.25, 0.3) is 0 Å². The van der Waals surface area contributed by atoms with Gasteiger partial charge < -0.3 is 10.4 Å². The van der Waals surface area contributed by atoms with E-state index in [0.717, 1.165) is 36.6 Å². The van der Waals surface area contributed by atoms with Crippen LogP contribution >= 0.6 is 0 Å². The van der Waals surface area contributed by atoms with Crippen LogP contribution in [-0.2, 0) is 0 Å². The number of rotatable bonds is 2. The summed E-state index contributed by atoms with van der Waals surface area (Å²) in [5.74, 6) is 1.61. The Hall–Kier alpha value is -1.16. The van der Waals surface area contributed by atoms with E-state index in [4.69, 9.17) is 0 Å². The normalized spacial score (nSPS) is 25.4. The molecule has 1 aromatic heterocycles. The third kappa shape index (κ3) is 3.40. The van der Waals surface area contributed by atoms with Crippen LogP contribution in [0.5, 0.6) is 0 Å². The van der Waals surface area contributed by atoms with Crippen LogP contribution in [0.4, 0.5) is 5.82 Å². The maximum absolute atomic E-state index is 10.0. The Morgan fingerprint density at radius 3 is 2.71 bits per heavy atom. The van der Waals surface area contributed by atoms with E-state index in [2.05, 4.69) is 15.3 Å². The molecule has 0 aliphatic heterocycles. The Balaban J connectivity index is 2.07. The smallest absolute Gasteiger partial charge is 0.130 e. The number of hydrogen-bond donors (Lipinski definition) is 2. The Labute approximate surface area is 102 Å². The lowest BCUT2D eigenvalue weighted by Gasteiger charge is -2.22. The minimum atomic E-state index is -0.256. The van der Waals surface area contributed by atoms with Gasteiger partial charge in [0, 0.05) is 11.8 Å². The summed E-state index contributed by atoms with van der Waals surface area (Å²) in [6, 6.07) is 2.07. The molecule has 1 heterocycles. The Bertz CT molecular complexity index is 361. The zero-order chi connectivity index (χ0) is 12.3. The summed E-state index contributed by atoms with van der Waals surface area (Å²) in [6.07, 6.45) is 5.17. The van der Waals surface area contributed by atoms with Crippen LogP contribution in [0.15, 0.2) is 6.07 Å². The number of nitrogens with zero attached hydrogens (tertiary/aromatic N) is 2. The number of nitrogens with one attached hydrogen (secondary N) is 1. The van der Waals surface area contributed by atoms with Gasteiger partial charge >= 0.3 is 0 Å². The minimum Gasteiger partial charge on any atom is -0.391 e. The summed E-state index contributed by atoms with van der Waals surface area (Å²) in [4.78, 5) is 8.61. The number of aliphatic hydroxyl groups excluding tert-OH is 1. The van der Waals surface area contributed by atoms with Crippen molar-refractivity contribution in [1.29, 1.82) is 0 Å². The first kappa shape index (κ1) is 12.3. The van der Waals surface area contributed by atoms with Crippen molar-refractivity contribution in [3.05, 3.63) is 17.6 Å². The van der Waals surface area contributed by atoms with Crippen LogP contribution in [0.3, 0.4) is 0 Å². The largest absolute Gasteiger partial charge is 0.391 e. The van der Waals surface area contributed by atoms with Gasteiger partial charge in [0.2, 0.25) is 0 Å². The van der Waals surface area contributed by atoms with Gasteiger partial charge in [-0.3, -0.25) is 0 Å². The number of aromatic nitrogens is 2. The zero-order valence-electron chi connectivity index (χ0n) is 10.6. The Morgan fingerprint density at radius 2 is 1.94 bits per heavy atom. The topological polar surface area (TPSA) is 58.0 Å². The molecule has 0 amide bonds. The fraction of sp³-hybridized carbons (Fsp3) is 0.692. The highest BCUT2D eigenvalue weighted by atomic mass is 16.3. The lowest BCUT2D eigenvalue weighted by atomic mass is 10.1. The van der Waals surface area contributed by atoms with Crippen LogP contribution in [0.1, 0.15) is 43.6 Å². The van der Waals surface area contributed by atoms with Crippen molar-refractivity contribution in [3.8, 4) is 0 Å². The second-order valence-electron chi connectivity index (χ2n) is 4.90. The van der Waals surface area contributed by atoms with E-state index in [1.165, 1.54) is 12.8 Å². The first-order chi connectivity index (χ1) is 8.15. The molecule has 2 atom stereocenters. The van der Waals surface area contributed by atoms with E-state index in [-0.39, 0.29) is 12.1 Å². The van der Waals surface area contributed by atoms with Crippen LogP contribution in [0.2, 0.25) is 0 Å². The Morgan fingerprint density at radius 1 is 1.18 bits per heavy atom. The molecule has 0 radical (unpaired) electrons. The lowest BCUT2D eigenvalue weighted by molar-refractivity contribution is 0.144. The average molecular weight is 235 g/mol. The second-order valence-corrected chi connectivity index (χ2v) is 4.90. The highest BCUT2D eigenvalue weighted by Crippen LogP contribution is 2.21. The second kappa shape index (κ2) is 5.45. The Kier molecular flexibility index (Phi) is 3.94. The molecule has 0 aromatic carbocycles. The zero-order valence-corrected chi connectivity index (χ0v) is 10.6. The molecule has 0 saturated heterocycles. The number of hydrogen-bond acceptors (Lipinski definition) is 4. The van der Waals surface area contributed by atoms with Gasteiger partial charge in [0.1, 0.15) is 11.6 Å². The summed E-state index contributed by atoms with van der Waals surface area (Å²) < 4.78 is 0. The molecule has 1 aliphatic carbocycles. The molecular weight excluding hydrogens is 214 g/mol. The molecule has 2 N–H and O–H groups in total. The van der Waals surface area contributed by atoms with Crippen molar-refractivity contribution in [3.63, 3.8) is 0 Å². The summed E-state index contributed by atoms with van der Waals surface area (Å²) in [5.41, 5.74) is 0.961. The molecule has 1 saturated carbocycles. The molecule has 1 aliphatic rings. The molecule has 94 valence electrons. The van der Waals surface area contributed by atoms with E-state index < -0.39 is 0 Å². The van der Waals surface area contributed by atoms with Gasteiger partial charge in [0.25, 0.3) is 0 Å². The van der Waals surface area contributed by atoms with Crippen LogP contribution in [-0.4, -0.2) is 27.2 Å². The molecule has 4 heteroatoms. The summed E-state index contributed by atoms with van der Waals surface area (Å²) in [6.45, 7) is 3.85. The maximum atomic E-state index is 10.0. The predicted molar refractivity (Wildman–Crippen MR) is 68.0 cm³/mol. The molecule has 1 fully saturated rings. The fourth-order valence-corrected chi connectivity index (χ4v) is 2.44. The lowest BCUT2D eigenvalue weighted by Crippen LogP contribution is -2.32. The van der Waals surface area contributed by atoms with Crippen molar-refractivity contribution in [2.45, 2.75) is 58.1 Å². The predicted octanol–water partition coefficient (Wildman–Crippen LogP) is 2.20. The van der Waals surface area contributed by atoms with E-state index >= 15 is 0 Å². The van der Waals surface area contributed by atoms with Crippen molar-refractivity contribution < 1.29 is 5.11 Å². The quantitative estimate of drug-likeness (QED) is 0.772. The average Bonchev–Trinajstić information content (AvgIpc) is 2.43. The molecule has 0 spiro atoms. The molecule has 4 nitrogen and oxygen atoms in total. The van der Waals surface area contributed by atoms with Gasteiger partial charge in [0.05, 0.1) is 12.1 Å². The van der Waals surface area contributed by atoms with Crippen LogP contribution in [0, 0.1) is 13.8 Å². The van der Waals surface area contributed by atoms with Crippen LogP contribution < -0.4 is 5.32 Å². The van der Waals surface area contributed by atoms with Gasteiger partial charge in [-0.15, -0.1) is 0 Å². The molecular formula is C13H21N3O. The monoisotopic (exact) mass is 235 g/mol. The SMILES string of the molecule is Cc1cc(NC2CCCCCC2O)nc(C)n1. The first-order valence-electron chi connectivity index (χ1n) is 6.42. The first-order valence-corrected chi connectivity index (χ1v) is 6.42. The molecule has 2 rings (SSSR count). The van der Waals surface area contributed by atoms with E-state index in [9.17, 15) is 5.11 Å². The van der Waals surface area contributed by atoms with E-state index in [1.807, 2.05) is 19.9 Å². The maximum Gasteiger partial charge on any atom is 0.130 e. The number of aliphatic hydroxyl groups is 1. The molecule has 0 bridgehead atoms. The van der Waals surface area contributed by atoms with E-state index in [1.54, 1.807) is 0 Å². The van der Waals surface area contributed by atoms with Gasteiger partial charge in [-0.05, 0) is 26.7 Å². The highest BCUT2D eigenvalue weighted by molar-refractivity contribution is 5.37. The summed E-state index contributed by atoms with van der Waals surface area (Å²) in [7, 11) is 0. The van der Waals surface area contributed by atoms with Crippen molar-refractivity contribution in [2.24, 2.45) is 0 Å². The van der Waals surface area contributed by atoms with E-state index in [0.29, 0.717) is 0 Å². The standard InChI is InChI=1S/C13H21N3O/c1-9-8-13(15-10(2)14-9)16-11-6-4-3-5-7-12(11)17/h8,11-12,17H,3-7H2,1-2H3,(H,14,15,16). The van der Waals surface area contributed by atoms with Gasteiger partial charge in [-0.2, -0.15) is 0 Å². The summed E-state index contributed by atoms with van der Waals surface area (Å²) in [5, 5.41) is 13.4. The summed E-state index contributed by atoms with van der Waals surface area (Å²) >= 11 is 0. The van der Waals surface area contributed by atoms with Gasteiger partial charge in [-0.1, -0.05) is 19.3 Å². The number of aryl methyl sites for hydroxylation is 2. The van der Waals surface area contributed by atoms with Crippen molar-refractivity contribution in [2.75, 3.05) is 5.32 Å². The minimum absolute atomic E-state index is 0.131. The van der Waals surface area contributed by atoms with Gasteiger partial charge in [-0.25, -0.2) is 9.97 Å². The molecule has 1 aromatic rings. The number of anilines is 1. The van der Waals surface area contributed by atoms with Crippen molar-refractivity contribution >= 4 is 5.82 Å². The van der Waals surface area contributed by atoms with Gasteiger partial charge in [0.15, 0.2) is 0 Å². The highest BCUT2D eigenvalue weighted by Gasteiger charge is 2.21. The fourth-order valence-electron chi connectivity index (χ4n) is 2.44. The van der Waals surface area contributed by atoms with Crippen molar-refractivity contribution in [1.82, 2.24) is 9.97 Å².